The predicted molar refractivity (Wildman–Crippen MR) is 85.6 cm³/mol. The Morgan fingerprint density at radius 2 is 2.15 bits per heavy atom. The zero-order valence-corrected chi connectivity index (χ0v) is 13.9. The SMILES string of the molecule is COC(CNC(=O)c1ccccc1Br)c1ccc(Cl)s1. The summed E-state index contributed by atoms with van der Waals surface area (Å²) in [5, 5.41) is 2.87. The largest absolute Gasteiger partial charge is 0.374 e. The molecule has 6 heteroatoms. The van der Waals surface area contributed by atoms with Crippen molar-refractivity contribution in [2.24, 2.45) is 0 Å². The molecule has 0 radical (unpaired) electrons. The molecule has 2 aromatic rings. The van der Waals surface area contributed by atoms with Gasteiger partial charge in [0.1, 0.15) is 6.10 Å². The van der Waals surface area contributed by atoms with Gasteiger partial charge in [0.25, 0.3) is 5.91 Å². The molecule has 106 valence electrons. The molecular formula is C14H13BrClNO2S. The number of amides is 1. The molecule has 0 saturated heterocycles. The molecule has 0 bridgehead atoms. The van der Waals surface area contributed by atoms with Gasteiger partial charge in [-0.3, -0.25) is 4.79 Å². The fourth-order valence-corrected chi connectivity index (χ4v) is 3.33. The average Bonchev–Trinajstić information content (AvgIpc) is 2.86. The number of thiophene rings is 1. The molecule has 0 spiro atoms. The number of carbonyl (C=O) groups excluding carboxylic acids is 1. The molecule has 20 heavy (non-hydrogen) atoms. The third-order valence-electron chi connectivity index (χ3n) is 2.76. The Labute approximate surface area is 135 Å². The van der Waals surface area contributed by atoms with Gasteiger partial charge >= 0.3 is 0 Å². The minimum Gasteiger partial charge on any atom is -0.374 e. The third kappa shape index (κ3) is 3.82. The summed E-state index contributed by atoms with van der Waals surface area (Å²) in [6.45, 7) is 0.396. The van der Waals surface area contributed by atoms with E-state index < -0.39 is 0 Å². The molecule has 1 N–H and O–H groups in total. The van der Waals surface area contributed by atoms with Gasteiger partial charge in [-0.2, -0.15) is 0 Å². The van der Waals surface area contributed by atoms with Crippen molar-refractivity contribution in [2.45, 2.75) is 6.10 Å². The van der Waals surface area contributed by atoms with Crippen LogP contribution in [0.5, 0.6) is 0 Å². The van der Waals surface area contributed by atoms with Gasteiger partial charge in [-0.15, -0.1) is 11.3 Å². The van der Waals surface area contributed by atoms with Gasteiger partial charge in [0, 0.05) is 23.0 Å². The quantitative estimate of drug-likeness (QED) is 0.848. The number of rotatable bonds is 5. The van der Waals surface area contributed by atoms with Crippen LogP contribution in [0.3, 0.4) is 0 Å². The molecule has 0 aliphatic rings. The Balaban J connectivity index is 2.00. The molecule has 0 saturated carbocycles. The first-order valence-electron chi connectivity index (χ1n) is 5.92. The molecule has 1 aromatic carbocycles. The summed E-state index contributed by atoms with van der Waals surface area (Å²) in [5.74, 6) is -0.137. The zero-order chi connectivity index (χ0) is 14.5. The molecule has 1 heterocycles. The molecule has 1 amide bonds. The van der Waals surface area contributed by atoms with Crippen LogP contribution in [-0.4, -0.2) is 19.6 Å². The highest BCUT2D eigenvalue weighted by Gasteiger charge is 2.16. The molecule has 1 aromatic heterocycles. The van der Waals surface area contributed by atoms with Crippen molar-refractivity contribution in [3.8, 4) is 0 Å². The molecule has 0 aliphatic heterocycles. The van der Waals surface area contributed by atoms with Crippen molar-refractivity contribution in [2.75, 3.05) is 13.7 Å². The van der Waals surface area contributed by atoms with E-state index in [1.807, 2.05) is 30.3 Å². The number of methoxy groups -OCH3 is 1. The summed E-state index contributed by atoms with van der Waals surface area (Å²) in [6.07, 6.45) is -0.195. The Kier molecular flexibility index (Phi) is 5.60. The highest BCUT2D eigenvalue weighted by molar-refractivity contribution is 9.10. The highest BCUT2D eigenvalue weighted by Crippen LogP contribution is 2.28. The van der Waals surface area contributed by atoms with E-state index in [-0.39, 0.29) is 12.0 Å². The van der Waals surface area contributed by atoms with Gasteiger partial charge < -0.3 is 10.1 Å². The van der Waals surface area contributed by atoms with Crippen molar-refractivity contribution in [1.29, 1.82) is 0 Å². The fourth-order valence-electron chi connectivity index (χ4n) is 1.73. The van der Waals surface area contributed by atoms with Crippen LogP contribution in [0.2, 0.25) is 4.34 Å². The van der Waals surface area contributed by atoms with Gasteiger partial charge in [0.05, 0.1) is 9.90 Å². The smallest absolute Gasteiger partial charge is 0.252 e. The van der Waals surface area contributed by atoms with E-state index in [0.717, 1.165) is 9.35 Å². The van der Waals surface area contributed by atoms with Crippen LogP contribution in [0.4, 0.5) is 0 Å². The average molecular weight is 375 g/mol. The number of benzene rings is 1. The number of carbonyl (C=O) groups is 1. The summed E-state index contributed by atoms with van der Waals surface area (Å²) in [5.41, 5.74) is 0.603. The first-order chi connectivity index (χ1) is 9.61. The Hall–Kier alpha value is -0.880. The lowest BCUT2D eigenvalue weighted by atomic mass is 10.2. The number of nitrogens with one attached hydrogen (secondary N) is 1. The summed E-state index contributed by atoms with van der Waals surface area (Å²) < 4.78 is 6.87. The lowest BCUT2D eigenvalue weighted by Gasteiger charge is -2.15. The summed E-state index contributed by atoms with van der Waals surface area (Å²) in [7, 11) is 1.61. The molecule has 0 fully saturated rings. The van der Waals surface area contributed by atoms with Crippen LogP contribution in [0.1, 0.15) is 21.3 Å². The molecular weight excluding hydrogens is 362 g/mol. The lowest BCUT2D eigenvalue weighted by Crippen LogP contribution is -2.29. The Morgan fingerprint density at radius 1 is 1.40 bits per heavy atom. The molecule has 2 rings (SSSR count). The van der Waals surface area contributed by atoms with Crippen molar-refractivity contribution in [3.05, 3.63) is 55.6 Å². The first kappa shape index (κ1) is 15.5. The molecule has 1 unspecified atom stereocenters. The van der Waals surface area contributed by atoms with Crippen LogP contribution in [0, 0.1) is 0 Å². The Bertz CT molecular complexity index is 602. The van der Waals surface area contributed by atoms with E-state index >= 15 is 0 Å². The summed E-state index contributed by atoms with van der Waals surface area (Å²) >= 11 is 10.7. The number of hydrogen-bond acceptors (Lipinski definition) is 3. The van der Waals surface area contributed by atoms with Gasteiger partial charge in [0.2, 0.25) is 0 Å². The van der Waals surface area contributed by atoms with Crippen LogP contribution in [0.25, 0.3) is 0 Å². The monoisotopic (exact) mass is 373 g/mol. The number of ether oxygens (including phenoxy) is 1. The molecule has 1 atom stereocenters. The minimum atomic E-state index is -0.195. The van der Waals surface area contributed by atoms with Gasteiger partial charge in [-0.05, 0) is 40.2 Å². The molecule has 0 aliphatic carbocycles. The van der Waals surface area contributed by atoms with Gasteiger partial charge in [0.15, 0.2) is 0 Å². The number of hydrogen-bond donors (Lipinski definition) is 1. The van der Waals surface area contributed by atoms with E-state index in [4.69, 9.17) is 16.3 Å². The summed E-state index contributed by atoms with van der Waals surface area (Å²) in [6, 6.07) is 11.0. The maximum Gasteiger partial charge on any atom is 0.252 e. The molecule has 3 nitrogen and oxygen atoms in total. The van der Waals surface area contributed by atoms with Gasteiger partial charge in [-0.25, -0.2) is 0 Å². The topological polar surface area (TPSA) is 38.3 Å². The van der Waals surface area contributed by atoms with Crippen molar-refractivity contribution < 1.29 is 9.53 Å². The van der Waals surface area contributed by atoms with E-state index in [0.29, 0.717) is 16.4 Å². The van der Waals surface area contributed by atoms with E-state index in [2.05, 4.69) is 21.2 Å². The second kappa shape index (κ2) is 7.22. The van der Waals surface area contributed by atoms with Crippen molar-refractivity contribution >= 4 is 44.8 Å². The standard InChI is InChI=1S/C14H13BrClNO2S/c1-19-11(12-6-7-13(16)20-12)8-17-14(18)9-4-2-3-5-10(9)15/h2-7,11H,8H2,1H3,(H,17,18). The lowest BCUT2D eigenvalue weighted by molar-refractivity contribution is 0.0837. The van der Waals surface area contributed by atoms with Crippen LogP contribution in [0.15, 0.2) is 40.9 Å². The number of halogens is 2. The Morgan fingerprint density at radius 3 is 2.75 bits per heavy atom. The van der Waals surface area contributed by atoms with Crippen molar-refractivity contribution in [1.82, 2.24) is 5.32 Å². The second-order valence-electron chi connectivity index (χ2n) is 4.06. The first-order valence-corrected chi connectivity index (χ1v) is 7.91. The minimum absolute atomic E-state index is 0.137. The fraction of sp³-hybridized carbons (Fsp3) is 0.214. The third-order valence-corrected chi connectivity index (χ3v) is 4.78. The van der Waals surface area contributed by atoms with E-state index in [1.54, 1.807) is 13.2 Å². The van der Waals surface area contributed by atoms with E-state index in [9.17, 15) is 4.79 Å². The van der Waals surface area contributed by atoms with E-state index in [1.165, 1.54) is 11.3 Å². The normalized spacial score (nSPS) is 12.2. The summed E-state index contributed by atoms with van der Waals surface area (Å²) in [4.78, 5) is 13.1. The zero-order valence-electron chi connectivity index (χ0n) is 10.7. The van der Waals surface area contributed by atoms with Crippen LogP contribution >= 0.6 is 38.9 Å². The maximum atomic E-state index is 12.1. The second-order valence-corrected chi connectivity index (χ2v) is 6.66. The van der Waals surface area contributed by atoms with Crippen molar-refractivity contribution in [3.63, 3.8) is 0 Å². The highest BCUT2D eigenvalue weighted by atomic mass is 79.9. The van der Waals surface area contributed by atoms with Crippen LogP contribution < -0.4 is 5.32 Å². The predicted octanol–water partition coefficient (Wildman–Crippen LogP) is 4.28. The van der Waals surface area contributed by atoms with Crippen LogP contribution in [-0.2, 0) is 4.74 Å². The maximum absolute atomic E-state index is 12.1. The van der Waals surface area contributed by atoms with Gasteiger partial charge in [-0.1, -0.05) is 23.7 Å².